The van der Waals surface area contributed by atoms with Gasteiger partial charge in [-0.3, -0.25) is 19.2 Å². The van der Waals surface area contributed by atoms with E-state index in [1.807, 2.05) is 25.1 Å². The summed E-state index contributed by atoms with van der Waals surface area (Å²) in [6.45, 7) is 4.45. The van der Waals surface area contributed by atoms with E-state index >= 15 is 0 Å². The Morgan fingerprint density at radius 3 is 1.88 bits per heavy atom. The highest BCUT2D eigenvalue weighted by Gasteiger charge is 2.30. The number of methoxy groups -OCH3 is 1. The molecule has 0 spiro atoms. The van der Waals surface area contributed by atoms with Gasteiger partial charge >= 0.3 is 6.09 Å². The van der Waals surface area contributed by atoms with Crippen molar-refractivity contribution >= 4 is 41.1 Å². The van der Waals surface area contributed by atoms with Crippen LogP contribution < -0.4 is 27.0 Å². The molecule has 2 aromatic carbocycles. The molecule has 15 nitrogen and oxygen atoms in total. The van der Waals surface area contributed by atoms with Crippen LogP contribution in [0, 0.1) is 0 Å². The van der Waals surface area contributed by atoms with Gasteiger partial charge in [0.1, 0.15) is 6.61 Å². The second kappa shape index (κ2) is 23.1. The van der Waals surface area contributed by atoms with Gasteiger partial charge in [0.25, 0.3) is 0 Å². The Balaban J connectivity index is 1.51. The van der Waals surface area contributed by atoms with Crippen molar-refractivity contribution in [1.29, 1.82) is 0 Å². The molecule has 0 heterocycles. The standard InChI is InChI=1S/C37H53N5O10/c1-25(14-17-43)51-21-16-40-34(45)7-4-9-36(47)42-27-11-13-29-28-12-10-26(22-30(28)32(31(29)23-27)24-52-37(38)48)41-35(46)8-3-6-33(44)39-15-20-50-19-5-18-49-2/h10-13,22-23,25,32,43H,3-9,14-21,24H2,1-2H3,(H2,38,48)(H,39,44)(H,40,45)(H,41,46)(H,42,47)/i/hD. The van der Waals surface area contributed by atoms with E-state index in [-0.39, 0.29) is 68.6 Å². The van der Waals surface area contributed by atoms with E-state index in [9.17, 15) is 24.0 Å². The predicted molar refractivity (Wildman–Crippen MR) is 195 cm³/mol. The second-order valence-corrected chi connectivity index (χ2v) is 12.4. The first kappa shape index (κ1) is 40.2. The number of carbonyl (C=O) groups is 5. The lowest BCUT2D eigenvalue weighted by Gasteiger charge is -2.15. The van der Waals surface area contributed by atoms with Gasteiger partial charge in [-0.15, -0.1) is 0 Å². The van der Waals surface area contributed by atoms with Crippen molar-refractivity contribution in [2.24, 2.45) is 5.73 Å². The number of hydrogen-bond donors (Lipinski definition) is 6. The Labute approximate surface area is 306 Å². The zero-order valence-corrected chi connectivity index (χ0v) is 30.1. The maximum absolute atomic E-state index is 12.8. The predicted octanol–water partition coefficient (Wildman–Crippen LogP) is 3.18. The van der Waals surface area contributed by atoms with Crippen LogP contribution >= 0.6 is 0 Å². The molecular formula is C37H53N5O10. The molecule has 286 valence electrons. The number of primary amides is 1. The number of nitrogens with two attached hydrogens (primary N) is 1. The number of anilines is 2. The minimum Gasteiger partial charge on any atom is -0.449 e. The molecule has 0 saturated carbocycles. The summed E-state index contributed by atoms with van der Waals surface area (Å²) in [5, 5.41) is 20.2. The Bertz CT molecular complexity index is 1510. The van der Waals surface area contributed by atoms with Gasteiger partial charge in [-0.1, -0.05) is 12.1 Å². The lowest BCUT2D eigenvalue weighted by atomic mass is 9.97. The van der Waals surface area contributed by atoms with Crippen LogP contribution in [0.1, 0.15) is 75.3 Å². The topological polar surface area (TPSA) is 217 Å². The summed E-state index contributed by atoms with van der Waals surface area (Å²) in [6.07, 6.45) is 1.66. The number of rotatable bonds is 25. The third kappa shape index (κ3) is 15.0. The van der Waals surface area contributed by atoms with Gasteiger partial charge in [-0.2, -0.15) is 0 Å². The number of carbonyl (C=O) groups excluding carboxylic acids is 5. The van der Waals surface area contributed by atoms with Crippen molar-refractivity contribution in [1.82, 2.24) is 10.6 Å². The zero-order chi connectivity index (χ0) is 38.4. The Hall–Kier alpha value is -4.57. The number of ether oxygens (including phenoxy) is 4. The van der Waals surface area contributed by atoms with Gasteiger partial charge in [0.2, 0.25) is 23.6 Å². The molecule has 2 aromatic rings. The van der Waals surface area contributed by atoms with Crippen molar-refractivity contribution < 1.29 is 49.4 Å². The van der Waals surface area contributed by atoms with Crippen LogP contribution in [-0.4, -0.2) is 101 Å². The first-order chi connectivity index (χ1) is 25.6. The fraction of sp³-hybridized carbons (Fsp3) is 0.541. The molecule has 0 bridgehead atoms. The monoisotopic (exact) mass is 728 g/mol. The van der Waals surface area contributed by atoms with Crippen LogP contribution in [0.3, 0.4) is 0 Å². The highest BCUT2D eigenvalue weighted by molar-refractivity contribution is 5.94. The average Bonchev–Trinajstić information content (AvgIpc) is 3.43. The van der Waals surface area contributed by atoms with Gasteiger partial charge < -0.3 is 51.0 Å². The zero-order valence-electron chi connectivity index (χ0n) is 31.1. The minimum atomic E-state index is -0.916. The van der Waals surface area contributed by atoms with Gasteiger partial charge in [0.05, 0.1) is 19.3 Å². The van der Waals surface area contributed by atoms with E-state index in [1.165, 1.54) is 0 Å². The first-order valence-corrected chi connectivity index (χ1v) is 17.7. The van der Waals surface area contributed by atoms with Crippen molar-refractivity contribution in [2.45, 2.75) is 70.3 Å². The molecule has 0 aromatic heterocycles. The number of amides is 5. The van der Waals surface area contributed by atoms with Crippen LogP contribution in [0.4, 0.5) is 16.2 Å². The maximum Gasteiger partial charge on any atom is 0.404 e. The van der Waals surface area contributed by atoms with Crippen molar-refractivity contribution in [2.75, 3.05) is 70.5 Å². The normalized spacial score (nSPS) is 13.6. The quantitative estimate of drug-likeness (QED) is 0.0821. The average molecular weight is 729 g/mol. The molecule has 0 fully saturated rings. The van der Waals surface area contributed by atoms with E-state index in [4.69, 9.17) is 25.5 Å². The maximum atomic E-state index is 12.8. The lowest BCUT2D eigenvalue weighted by molar-refractivity contribution is -0.123. The van der Waals surface area contributed by atoms with Crippen molar-refractivity contribution in [3.05, 3.63) is 47.5 Å². The third-order valence-corrected chi connectivity index (χ3v) is 8.28. The van der Waals surface area contributed by atoms with Crippen LogP contribution in [0.25, 0.3) is 11.1 Å². The summed E-state index contributed by atoms with van der Waals surface area (Å²) in [7, 11) is 1.63. The minimum absolute atomic E-state index is 0.0389. The number of fused-ring (bicyclic) bond motifs is 3. The first-order valence-electron chi connectivity index (χ1n) is 18.2. The van der Waals surface area contributed by atoms with Crippen LogP contribution in [-0.2, 0) is 38.1 Å². The molecule has 1 aliphatic rings. The Morgan fingerprint density at radius 1 is 0.788 bits per heavy atom. The number of aliphatic hydroxyl groups excluding tert-OH is 1. The van der Waals surface area contributed by atoms with E-state index < -0.39 is 12.0 Å². The molecule has 2 atom stereocenters. The molecule has 3 rings (SSSR count). The fourth-order valence-electron chi connectivity index (χ4n) is 5.68. The summed E-state index contributed by atoms with van der Waals surface area (Å²) in [5.41, 5.74) is 6.10. The highest BCUT2D eigenvalue weighted by atomic mass is 16.5. The summed E-state index contributed by atoms with van der Waals surface area (Å²) < 4.78 is 28.3. The molecule has 1 aliphatic carbocycles. The molecule has 5 amide bonds. The van der Waals surface area contributed by atoms with E-state index in [2.05, 4.69) is 21.3 Å². The van der Waals surface area contributed by atoms with Gasteiger partial charge in [-0.05, 0) is 79.1 Å². The largest absolute Gasteiger partial charge is 0.449 e. The van der Waals surface area contributed by atoms with E-state index in [0.717, 1.165) is 28.7 Å². The summed E-state index contributed by atoms with van der Waals surface area (Å²) in [4.78, 5) is 61.6. The Morgan fingerprint density at radius 2 is 1.35 bits per heavy atom. The van der Waals surface area contributed by atoms with Crippen molar-refractivity contribution in [3.63, 3.8) is 0 Å². The number of hydrogen-bond acceptors (Lipinski definition) is 10. The van der Waals surface area contributed by atoms with E-state index in [1.54, 1.807) is 31.0 Å². The molecule has 7 N–H and O–H groups in total. The van der Waals surface area contributed by atoms with Crippen molar-refractivity contribution in [3.8, 4) is 11.1 Å². The molecule has 0 radical (unpaired) electrons. The second-order valence-electron chi connectivity index (χ2n) is 12.4. The van der Waals surface area contributed by atoms with Crippen LogP contribution in [0.5, 0.6) is 0 Å². The van der Waals surface area contributed by atoms with Crippen LogP contribution in [0.15, 0.2) is 36.4 Å². The smallest absolute Gasteiger partial charge is 0.404 e. The van der Waals surface area contributed by atoms with Gasteiger partial charge in [0, 0.05) is 83.0 Å². The fourth-order valence-corrected chi connectivity index (χ4v) is 5.68. The Kier molecular flexibility index (Phi) is 17.8. The summed E-state index contributed by atoms with van der Waals surface area (Å²) >= 11 is 0. The number of benzene rings is 2. The third-order valence-electron chi connectivity index (χ3n) is 8.28. The highest BCUT2D eigenvalue weighted by Crippen LogP contribution is 2.46. The lowest BCUT2D eigenvalue weighted by Crippen LogP contribution is -2.28. The summed E-state index contributed by atoms with van der Waals surface area (Å²) in [5.74, 6) is -1.30. The SMILES string of the molecule is [2H]NC(=O)OCC1c2cc(NC(=O)CCCC(=O)NCCOCCCOC)ccc2-c2ccc(NC(=O)CCCC(=O)NCCOC(C)CCO)cc21. The molecular weight excluding hydrogens is 674 g/mol. The molecule has 15 heteroatoms. The molecule has 0 aliphatic heterocycles. The molecule has 52 heavy (non-hydrogen) atoms. The number of aliphatic hydroxyl groups is 1. The molecule has 0 saturated heterocycles. The van der Waals surface area contributed by atoms with E-state index in [0.29, 0.717) is 70.2 Å². The summed E-state index contributed by atoms with van der Waals surface area (Å²) in [6, 6.07) is 10.9. The van der Waals surface area contributed by atoms with Crippen LogP contribution in [0.2, 0.25) is 1.41 Å². The van der Waals surface area contributed by atoms with Gasteiger partial charge in [0.15, 0.2) is 1.41 Å². The van der Waals surface area contributed by atoms with Gasteiger partial charge in [-0.25, -0.2) is 4.79 Å². The number of nitrogens with one attached hydrogen (secondary N) is 4. The molecule has 2 unspecified atom stereocenters.